The van der Waals surface area contributed by atoms with E-state index in [2.05, 4.69) is 5.32 Å². The summed E-state index contributed by atoms with van der Waals surface area (Å²) in [6.45, 7) is 3.81. The minimum atomic E-state index is -0.325. The molecule has 0 atom stereocenters. The number of nitrogen functional groups attached to an aromatic ring is 1. The van der Waals surface area contributed by atoms with Gasteiger partial charge in [-0.05, 0) is 37.1 Å². The highest BCUT2D eigenvalue weighted by Gasteiger charge is 2.10. The number of nitrogens with one attached hydrogen (secondary N) is 1. The van der Waals surface area contributed by atoms with Gasteiger partial charge in [-0.2, -0.15) is 0 Å². The van der Waals surface area contributed by atoms with Gasteiger partial charge in [0.25, 0.3) is 11.5 Å². The van der Waals surface area contributed by atoms with Crippen LogP contribution < -0.4 is 16.6 Å². The third kappa shape index (κ3) is 2.71. The molecule has 0 bridgehead atoms. The van der Waals surface area contributed by atoms with Gasteiger partial charge in [0.2, 0.25) is 0 Å². The lowest BCUT2D eigenvalue weighted by molar-refractivity contribution is 0.102. The van der Waals surface area contributed by atoms with E-state index in [1.807, 2.05) is 19.9 Å². The van der Waals surface area contributed by atoms with Gasteiger partial charge in [-0.1, -0.05) is 6.07 Å². The van der Waals surface area contributed by atoms with Crippen LogP contribution in [0.1, 0.15) is 21.5 Å². The number of carbonyl (C=O) groups is 1. The van der Waals surface area contributed by atoms with Crippen molar-refractivity contribution >= 4 is 17.3 Å². The molecule has 2 rings (SSSR count). The van der Waals surface area contributed by atoms with Gasteiger partial charge in [-0.25, -0.2) is 0 Å². The van der Waals surface area contributed by atoms with Gasteiger partial charge in [-0.3, -0.25) is 9.59 Å². The van der Waals surface area contributed by atoms with E-state index < -0.39 is 0 Å². The number of anilines is 2. The minimum absolute atomic E-state index is 0.224. The summed E-state index contributed by atoms with van der Waals surface area (Å²) in [5, 5.41) is 2.77. The first-order valence-electron chi connectivity index (χ1n) is 6.23. The maximum absolute atomic E-state index is 12.1. The van der Waals surface area contributed by atoms with Crippen LogP contribution in [0.3, 0.4) is 0 Å². The van der Waals surface area contributed by atoms with Crippen LogP contribution in [0.2, 0.25) is 0 Å². The summed E-state index contributed by atoms with van der Waals surface area (Å²) in [7, 11) is 1.63. The number of nitrogens with two attached hydrogens (primary N) is 1. The average Bonchev–Trinajstić information content (AvgIpc) is 2.39. The van der Waals surface area contributed by atoms with Crippen LogP contribution in [0.5, 0.6) is 0 Å². The monoisotopic (exact) mass is 271 g/mol. The second-order valence-corrected chi connectivity index (χ2v) is 4.84. The normalized spacial score (nSPS) is 10.3. The molecular formula is C15H17N3O2. The Bertz CT molecular complexity index is 732. The molecule has 0 aliphatic heterocycles. The molecule has 0 aliphatic rings. The second kappa shape index (κ2) is 5.21. The minimum Gasteiger partial charge on any atom is -0.398 e. The van der Waals surface area contributed by atoms with Gasteiger partial charge in [-0.15, -0.1) is 0 Å². The second-order valence-electron chi connectivity index (χ2n) is 4.84. The average molecular weight is 271 g/mol. The molecule has 2 aromatic rings. The molecular weight excluding hydrogens is 254 g/mol. The molecule has 0 radical (unpaired) electrons. The molecule has 0 unspecified atom stereocenters. The van der Waals surface area contributed by atoms with Crippen molar-refractivity contribution in [3.8, 4) is 0 Å². The van der Waals surface area contributed by atoms with Crippen molar-refractivity contribution in [2.45, 2.75) is 13.8 Å². The van der Waals surface area contributed by atoms with Crippen molar-refractivity contribution < 1.29 is 4.79 Å². The van der Waals surface area contributed by atoms with E-state index >= 15 is 0 Å². The van der Waals surface area contributed by atoms with Gasteiger partial charge in [0.05, 0.1) is 0 Å². The maximum Gasteiger partial charge on any atom is 0.255 e. The van der Waals surface area contributed by atoms with Gasteiger partial charge in [0, 0.05) is 36.2 Å². The fraction of sp³-hybridized carbons (Fsp3) is 0.200. The van der Waals surface area contributed by atoms with E-state index in [1.54, 1.807) is 25.4 Å². The van der Waals surface area contributed by atoms with Gasteiger partial charge < -0.3 is 15.6 Å². The lowest BCUT2D eigenvalue weighted by Gasteiger charge is -2.11. The Morgan fingerprint density at radius 3 is 2.55 bits per heavy atom. The van der Waals surface area contributed by atoms with E-state index in [-0.39, 0.29) is 11.5 Å². The van der Waals surface area contributed by atoms with Crippen molar-refractivity contribution in [2.24, 2.45) is 7.05 Å². The summed E-state index contributed by atoms with van der Waals surface area (Å²) in [6.07, 6.45) is 1.56. The summed E-state index contributed by atoms with van der Waals surface area (Å²) in [6, 6.07) is 6.55. The Morgan fingerprint density at radius 1 is 1.20 bits per heavy atom. The lowest BCUT2D eigenvalue weighted by Crippen LogP contribution is -2.20. The van der Waals surface area contributed by atoms with Crippen molar-refractivity contribution in [3.63, 3.8) is 0 Å². The number of aromatic nitrogens is 1. The zero-order valence-electron chi connectivity index (χ0n) is 11.7. The Morgan fingerprint density at radius 2 is 1.90 bits per heavy atom. The van der Waals surface area contributed by atoms with Crippen LogP contribution in [-0.2, 0) is 7.05 Å². The Kier molecular flexibility index (Phi) is 3.61. The highest BCUT2D eigenvalue weighted by atomic mass is 16.2. The number of amides is 1. The molecule has 104 valence electrons. The number of pyridine rings is 1. The first kappa shape index (κ1) is 13.9. The van der Waals surface area contributed by atoms with Crippen molar-refractivity contribution in [3.05, 3.63) is 57.5 Å². The fourth-order valence-electron chi connectivity index (χ4n) is 1.89. The molecule has 0 saturated carbocycles. The van der Waals surface area contributed by atoms with Crippen molar-refractivity contribution in [1.29, 1.82) is 0 Å². The predicted molar refractivity (Wildman–Crippen MR) is 80.0 cm³/mol. The van der Waals surface area contributed by atoms with Crippen LogP contribution >= 0.6 is 0 Å². The number of hydrogen-bond acceptors (Lipinski definition) is 3. The molecule has 5 nitrogen and oxygen atoms in total. The molecule has 0 saturated heterocycles. The Balaban J connectivity index is 2.30. The standard InChI is InChI=1S/C15H17N3O2/c1-9-6-10(2)13(8-12(9)16)17-15(20)11-4-5-18(3)14(19)7-11/h4-8H,16H2,1-3H3,(H,17,20). The first-order valence-corrected chi connectivity index (χ1v) is 6.23. The molecule has 1 amide bonds. The number of carbonyl (C=O) groups excluding carboxylic acids is 1. The third-order valence-corrected chi connectivity index (χ3v) is 3.23. The fourth-order valence-corrected chi connectivity index (χ4v) is 1.89. The molecule has 1 aromatic carbocycles. The van der Waals surface area contributed by atoms with Gasteiger partial charge in [0.15, 0.2) is 0 Å². The van der Waals surface area contributed by atoms with E-state index in [1.165, 1.54) is 10.6 Å². The van der Waals surface area contributed by atoms with Crippen molar-refractivity contribution in [1.82, 2.24) is 4.57 Å². The number of benzene rings is 1. The molecule has 3 N–H and O–H groups in total. The van der Waals surface area contributed by atoms with Crippen LogP contribution in [0.25, 0.3) is 0 Å². The number of hydrogen-bond donors (Lipinski definition) is 2. The predicted octanol–water partition coefficient (Wildman–Crippen LogP) is 1.84. The summed E-state index contributed by atoms with van der Waals surface area (Å²) in [4.78, 5) is 23.7. The quantitative estimate of drug-likeness (QED) is 0.818. The summed E-state index contributed by atoms with van der Waals surface area (Å²) in [5.74, 6) is -0.325. The van der Waals surface area contributed by atoms with E-state index in [4.69, 9.17) is 5.73 Å². The topological polar surface area (TPSA) is 77.1 Å². The van der Waals surface area contributed by atoms with Crippen molar-refractivity contribution in [2.75, 3.05) is 11.1 Å². The lowest BCUT2D eigenvalue weighted by atomic mass is 10.1. The summed E-state index contributed by atoms with van der Waals surface area (Å²) >= 11 is 0. The van der Waals surface area contributed by atoms with Crippen LogP contribution in [0.15, 0.2) is 35.3 Å². The molecule has 1 aromatic heterocycles. The zero-order valence-corrected chi connectivity index (χ0v) is 11.7. The Labute approximate surface area is 117 Å². The van der Waals surface area contributed by atoms with Crippen LogP contribution in [0, 0.1) is 13.8 Å². The smallest absolute Gasteiger partial charge is 0.255 e. The molecule has 1 heterocycles. The van der Waals surface area contributed by atoms with Crippen LogP contribution in [0.4, 0.5) is 11.4 Å². The van der Waals surface area contributed by atoms with E-state index in [0.29, 0.717) is 16.9 Å². The summed E-state index contributed by atoms with van der Waals surface area (Å²) in [5.41, 5.74) is 9.11. The Hall–Kier alpha value is -2.56. The third-order valence-electron chi connectivity index (χ3n) is 3.23. The van der Waals surface area contributed by atoms with Crippen LogP contribution in [-0.4, -0.2) is 10.5 Å². The highest BCUT2D eigenvalue weighted by molar-refractivity contribution is 6.04. The highest BCUT2D eigenvalue weighted by Crippen LogP contribution is 2.22. The molecule has 5 heteroatoms. The largest absolute Gasteiger partial charge is 0.398 e. The number of rotatable bonds is 2. The first-order chi connectivity index (χ1) is 9.38. The van der Waals surface area contributed by atoms with E-state index in [9.17, 15) is 9.59 Å². The maximum atomic E-state index is 12.1. The van der Waals surface area contributed by atoms with Gasteiger partial charge in [0.1, 0.15) is 0 Å². The van der Waals surface area contributed by atoms with Gasteiger partial charge >= 0.3 is 0 Å². The molecule has 20 heavy (non-hydrogen) atoms. The molecule has 0 fully saturated rings. The SMILES string of the molecule is Cc1cc(C)c(NC(=O)c2ccn(C)c(=O)c2)cc1N. The zero-order chi connectivity index (χ0) is 14.9. The van der Waals surface area contributed by atoms with E-state index in [0.717, 1.165) is 11.1 Å². The number of aryl methyl sites for hydroxylation is 3. The summed E-state index contributed by atoms with van der Waals surface area (Å²) < 4.78 is 1.41. The molecule has 0 spiro atoms. The number of nitrogens with zero attached hydrogens (tertiary/aromatic N) is 1. The molecule has 0 aliphatic carbocycles.